The first-order chi connectivity index (χ1) is 5.39. The molecular formula is C7H7Cl3N2. The lowest BCUT2D eigenvalue weighted by atomic mass is 10.2. The fraction of sp³-hybridized carbons (Fsp3) is 0.143. The fourth-order valence-corrected chi connectivity index (χ4v) is 1.17. The van der Waals surface area contributed by atoms with Crippen molar-refractivity contribution in [2.24, 2.45) is 0 Å². The number of hydrogen-bond donors (Lipinski definition) is 2. The number of anilines is 2. The summed E-state index contributed by atoms with van der Waals surface area (Å²) in [5.41, 5.74) is 12.4. The molecule has 0 radical (unpaired) electrons. The Morgan fingerprint density at radius 3 is 1.67 bits per heavy atom. The van der Waals surface area contributed by atoms with E-state index in [2.05, 4.69) is 0 Å². The Balaban J connectivity index is 3.18. The molecule has 1 aromatic rings. The topological polar surface area (TPSA) is 52.0 Å². The molecule has 0 atom stereocenters. The van der Waals surface area contributed by atoms with Crippen LogP contribution in [0, 0.1) is 0 Å². The van der Waals surface area contributed by atoms with Crippen molar-refractivity contribution in [2.45, 2.75) is 3.79 Å². The molecule has 0 saturated carbocycles. The number of hydrogen-bond acceptors (Lipinski definition) is 2. The molecule has 0 spiro atoms. The van der Waals surface area contributed by atoms with E-state index in [9.17, 15) is 0 Å². The molecule has 1 rings (SSSR count). The Morgan fingerprint density at radius 2 is 1.33 bits per heavy atom. The lowest BCUT2D eigenvalue weighted by Gasteiger charge is -2.12. The fourth-order valence-electron chi connectivity index (χ4n) is 0.840. The van der Waals surface area contributed by atoms with Gasteiger partial charge in [0.1, 0.15) is 0 Å². The predicted molar refractivity (Wildman–Crippen MR) is 54.5 cm³/mol. The van der Waals surface area contributed by atoms with Crippen LogP contribution >= 0.6 is 34.8 Å². The predicted octanol–water partition coefficient (Wildman–Crippen LogP) is 2.68. The van der Waals surface area contributed by atoms with Crippen molar-refractivity contribution in [2.75, 3.05) is 11.5 Å². The van der Waals surface area contributed by atoms with E-state index >= 15 is 0 Å². The summed E-state index contributed by atoms with van der Waals surface area (Å²) in [5.74, 6) is 0. The van der Waals surface area contributed by atoms with Crippen LogP contribution in [0.15, 0.2) is 18.2 Å². The molecule has 0 aliphatic rings. The highest BCUT2D eigenvalue weighted by atomic mass is 35.6. The number of nitrogens with two attached hydrogens (primary N) is 2. The average molecular weight is 226 g/mol. The second-order valence-electron chi connectivity index (χ2n) is 2.39. The maximum atomic E-state index is 5.62. The molecule has 12 heavy (non-hydrogen) atoms. The van der Waals surface area contributed by atoms with Crippen LogP contribution in [-0.2, 0) is 3.79 Å². The zero-order valence-electron chi connectivity index (χ0n) is 6.02. The number of nitrogen functional groups attached to an aromatic ring is 2. The molecule has 4 N–H and O–H groups in total. The minimum atomic E-state index is -1.47. The van der Waals surface area contributed by atoms with Crippen LogP contribution in [0.3, 0.4) is 0 Å². The van der Waals surface area contributed by atoms with E-state index < -0.39 is 3.79 Å². The van der Waals surface area contributed by atoms with Gasteiger partial charge in [0.05, 0.1) is 0 Å². The van der Waals surface area contributed by atoms with Crippen LogP contribution in [0.1, 0.15) is 5.56 Å². The zero-order valence-corrected chi connectivity index (χ0v) is 8.29. The van der Waals surface area contributed by atoms with Crippen LogP contribution in [0.4, 0.5) is 11.4 Å². The Bertz CT molecular complexity index is 273. The van der Waals surface area contributed by atoms with Crippen LogP contribution in [0.5, 0.6) is 0 Å². The number of alkyl halides is 3. The van der Waals surface area contributed by atoms with Gasteiger partial charge in [-0.2, -0.15) is 0 Å². The molecule has 0 aliphatic carbocycles. The Kier molecular flexibility index (Phi) is 2.61. The van der Waals surface area contributed by atoms with Crippen molar-refractivity contribution >= 4 is 46.2 Å². The molecule has 0 unspecified atom stereocenters. The molecule has 5 heteroatoms. The SMILES string of the molecule is Nc1cc(N)cc(C(Cl)(Cl)Cl)c1. The van der Waals surface area contributed by atoms with E-state index in [0.29, 0.717) is 16.9 Å². The minimum Gasteiger partial charge on any atom is -0.399 e. The normalized spacial score (nSPS) is 11.6. The monoisotopic (exact) mass is 224 g/mol. The number of rotatable bonds is 0. The van der Waals surface area contributed by atoms with Crippen molar-refractivity contribution in [3.05, 3.63) is 23.8 Å². The highest BCUT2D eigenvalue weighted by molar-refractivity contribution is 6.66. The molecular weight excluding hydrogens is 218 g/mol. The summed E-state index contributed by atoms with van der Waals surface area (Å²) in [6.07, 6.45) is 0. The molecule has 0 aliphatic heterocycles. The quantitative estimate of drug-likeness (QED) is 0.527. The third-order valence-corrected chi connectivity index (χ3v) is 1.96. The summed E-state index contributed by atoms with van der Waals surface area (Å²) >= 11 is 16.9. The van der Waals surface area contributed by atoms with Gasteiger partial charge in [-0.15, -0.1) is 0 Å². The van der Waals surface area contributed by atoms with Crippen LogP contribution < -0.4 is 11.5 Å². The van der Waals surface area contributed by atoms with Gasteiger partial charge in [0.2, 0.25) is 3.79 Å². The van der Waals surface area contributed by atoms with E-state index in [1.807, 2.05) is 0 Å². The van der Waals surface area contributed by atoms with Gasteiger partial charge in [-0.1, -0.05) is 34.8 Å². The highest BCUT2D eigenvalue weighted by Crippen LogP contribution is 2.39. The van der Waals surface area contributed by atoms with Crippen LogP contribution in [0.2, 0.25) is 0 Å². The van der Waals surface area contributed by atoms with Crippen molar-refractivity contribution in [1.82, 2.24) is 0 Å². The van der Waals surface area contributed by atoms with Gasteiger partial charge in [-0.3, -0.25) is 0 Å². The van der Waals surface area contributed by atoms with E-state index in [-0.39, 0.29) is 0 Å². The van der Waals surface area contributed by atoms with Gasteiger partial charge in [-0.25, -0.2) is 0 Å². The van der Waals surface area contributed by atoms with E-state index in [1.165, 1.54) is 0 Å². The molecule has 66 valence electrons. The second kappa shape index (κ2) is 3.21. The van der Waals surface area contributed by atoms with Gasteiger partial charge >= 0.3 is 0 Å². The molecule has 0 aromatic heterocycles. The molecule has 0 heterocycles. The van der Waals surface area contributed by atoms with Gasteiger partial charge < -0.3 is 11.5 Å². The maximum Gasteiger partial charge on any atom is 0.216 e. The molecule has 0 bridgehead atoms. The van der Waals surface area contributed by atoms with E-state index in [0.717, 1.165) is 0 Å². The third kappa shape index (κ3) is 2.34. The molecule has 2 nitrogen and oxygen atoms in total. The van der Waals surface area contributed by atoms with Gasteiger partial charge in [0, 0.05) is 16.9 Å². The van der Waals surface area contributed by atoms with Crippen LogP contribution in [0.25, 0.3) is 0 Å². The summed E-state index contributed by atoms with van der Waals surface area (Å²) in [6.45, 7) is 0. The Labute approximate surface area is 85.4 Å². The van der Waals surface area contributed by atoms with Crippen molar-refractivity contribution < 1.29 is 0 Å². The Morgan fingerprint density at radius 1 is 0.917 bits per heavy atom. The first-order valence-corrected chi connectivity index (χ1v) is 4.26. The zero-order chi connectivity index (χ0) is 9.35. The molecule has 0 saturated heterocycles. The van der Waals surface area contributed by atoms with Crippen molar-refractivity contribution in [3.63, 3.8) is 0 Å². The number of benzene rings is 1. The second-order valence-corrected chi connectivity index (χ2v) is 4.67. The first kappa shape index (κ1) is 9.78. The third-order valence-electron chi connectivity index (χ3n) is 1.30. The molecule has 0 fully saturated rings. The smallest absolute Gasteiger partial charge is 0.216 e. The van der Waals surface area contributed by atoms with Crippen molar-refractivity contribution in [1.29, 1.82) is 0 Å². The Hall–Kier alpha value is -0.310. The standard InChI is InChI=1S/C7H7Cl3N2/c8-7(9,10)4-1-5(11)3-6(12)2-4/h1-3H,11-12H2. The van der Waals surface area contributed by atoms with Gasteiger partial charge in [0.15, 0.2) is 0 Å². The number of halogens is 3. The highest BCUT2D eigenvalue weighted by Gasteiger charge is 2.23. The summed E-state index contributed by atoms with van der Waals surface area (Å²) < 4.78 is -1.47. The van der Waals surface area contributed by atoms with E-state index in [4.69, 9.17) is 46.3 Å². The molecule has 1 aromatic carbocycles. The van der Waals surface area contributed by atoms with Gasteiger partial charge in [0.25, 0.3) is 0 Å². The lowest BCUT2D eigenvalue weighted by molar-refractivity contribution is 1.25. The van der Waals surface area contributed by atoms with Crippen molar-refractivity contribution in [3.8, 4) is 0 Å². The van der Waals surface area contributed by atoms with Gasteiger partial charge in [-0.05, 0) is 18.2 Å². The van der Waals surface area contributed by atoms with E-state index in [1.54, 1.807) is 18.2 Å². The summed E-state index contributed by atoms with van der Waals surface area (Å²) in [6, 6.07) is 4.74. The average Bonchev–Trinajstić information content (AvgIpc) is 1.82. The largest absolute Gasteiger partial charge is 0.399 e. The lowest BCUT2D eigenvalue weighted by Crippen LogP contribution is -2.02. The minimum absolute atomic E-state index is 0.477. The van der Waals surface area contributed by atoms with Crippen LogP contribution in [-0.4, -0.2) is 0 Å². The summed E-state index contributed by atoms with van der Waals surface area (Å²) in [4.78, 5) is 0. The summed E-state index contributed by atoms with van der Waals surface area (Å²) in [7, 11) is 0. The first-order valence-electron chi connectivity index (χ1n) is 3.13. The molecule has 0 amide bonds. The maximum absolute atomic E-state index is 5.62. The summed E-state index contributed by atoms with van der Waals surface area (Å²) in [5, 5.41) is 0.